The summed E-state index contributed by atoms with van der Waals surface area (Å²) >= 11 is 0. The Bertz CT molecular complexity index is 601. The van der Waals surface area contributed by atoms with Crippen molar-refractivity contribution in [1.82, 2.24) is 10.5 Å². The molecule has 0 fully saturated rings. The number of aryl methyl sites for hydroxylation is 1. The Morgan fingerprint density at radius 1 is 1.27 bits per heavy atom. The number of nitrogens with one attached hydrogen (secondary N) is 1. The van der Waals surface area contributed by atoms with Crippen LogP contribution in [0.5, 0.6) is 0 Å². The minimum Gasteiger partial charge on any atom is -0.469 e. The van der Waals surface area contributed by atoms with Crippen LogP contribution in [0.4, 0.5) is 4.79 Å². The zero-order chi connectivity index (χ0) is 20.0. The highest BCUT2D eigenvalue weighted by Gasteiger charge is 2.30. The molecule has 0 saturated carbocycles. The summed E-state index contributed by atoms with van der Waals surface area (Å²) in [6.07, 6.45) is 1.61. The standard InChI is InChI=1S/C19H32N2O5/c1-13(12-20-17(23)25-18(2,3)4)8-9-14-10-15(26-21-14)11-19(5,6)16(22)24-7/h10,13H,8-9,11-12H2,1-7H3,(H,20,23). The van der Waals surface area contributed by atoms with Crippen LogP contribution >= 0.6 is 0 Å². The quantitative estimate of drug-likeness (QED) is 0.706. The molecule has 1 amide bonds. The Balaban J connectivity index is 2.41. The SMILES string of the molecule is COC(=O)C(C)(C)Cc1cc(CCC(C)CNC(=O)OC(C)(C)C)no1. The first kappa shape index (κ1) is 22.0. The Morgan fingerprint density at radius 3 is 2.50 bits per heavy atom. The molecule has 1 aromatic rings. The number of methoxy groups -OCH3 is 1. The van der Waals surface area contributed by atoms with Crippen molar-refractivity contribution in [3.05, 3.63) is 17.5 Å². The second-order valence-electron chi connectivity index (χ2n) is 8.36. The van der Waals surface area contributed by atoms with Crippen LogP contribution in [0.25, 0.3) is 0 Å². The fraction of sp³-hybridized carbons (Fsp3) is 0.737. The molecule has 26 heavy (non-hydrogen) atoms. The third-order valence-corrected chi connectivity index (χ3v) is 3.85. The summed E-state index contributed by atoms with van der Waals surface area (Å²) in [4.78, 5) is 23.4. The minimum atomic E-state index is -0.657. The van der Waals surface area contributed by atoms with E-state index in [2.05, 4.69) is 17.4 Å². The van der Waals surface area contributed by atoms with Gasteiger partial charge in [-0.2, -0.15) is 0 Å². The number of carbonyl (C=O) groups excluding carboxylic acids is 2. The fourth-order valence-electron chi connectivity index (χ4n) is 2.41. The van der Waals surface area contributed by atoms with Gasteiger partial charge >= 0.3 is 12.1 Å². The van der Waals surface area contributed by atoms with Crippen LogP contribution in [0.15, 0.2) is 10.6 Å². The average Bonchev–Trinajstić information content (AvgIpc) is 2.95. The molecule has 148 valence electrons. The van der Waals surface area contributed by atoms with E-state index in [0.717, 1.165) is 18.5 Å². The molecule has 7 nitrogen and oxygen atoms in total. The number of ether oxygens (including phenoxy) is 2. The van der Waals surface area contributed by atoms with Gasteiger partial charge in [0, 0.05) is 19.0 Å². The normalized spacial score (nSPS) is 13.2. The second kappa shape index (κ2) is 9.05. The fourth-order valence-corrected chi connectivity index (χ4v) is 2.41. The molecule has 1 N–H and O–H groups in total. The highest BCUT2D eigenvalue weighted by Crippen LogP contribution is 2.24. The molecule has 0 aliphatic rings. The van der Waals surface area contributed by atoms with E-state index in [9.17, 15) is 9.59 Å². The number of nitrogens with zero attached hydrogens (tertiary/aromatic N) is 1. The van der Waals surface area contributed by atoms with Crippen molar-refractivity contribution in [1.29, 1.82) is 0 Å². The van der Waals surface area contributed by atoms with Crippen LogP contribution in [0.3, 0.4) is 0 Å². The topological polar surface area (TPSA) is 90.7 Å². The van der Waals surface area contributed by atoms with Crippen LogP contribution in [0.1, 0.15) is 59.4 Å². The molecule has 1 atom stereocenters. The zero-order valence-corrected chi connectivity index (χ0v) is 17.0. The first-order valence-corrected chi connectivity index (χ1v) is 8.92. The third-order valence-electron chi connectivity index (χ3n) is 3.85. The highest BCUT2D eigenvalue weighted by molar-refractivity contribution is 5.76. The molecule has 7 heteroatoms. The summed E-state index contributed by atoms with van der Waals surface area (Å²) in [6, 6.07) is 1.87. The van der Waals surface area contributed by atoms with Crippen molar-refractivity contribution in [3.63, 3.8) is 0 Å². The van der Waals surface area contributed by atoms with Crippen molar-refractivity contribution in [2.45, 2.75) is 66.4 Å². The first-order chi connectivity index (χ1) is 11.9. The summed E-state index contributed by atoms with van der Waals surface area (Å²) in [5.74, 6) is 0.654. The second-order valence-corrected chi connectivity index (χ2v) is 8.36. The molecular formula is C19H32N2O5. The molecule has 0 aliphatic heterocycles. The van der Waals surface area contributed by atoms with Crippen LogP contribution in [0.2, 0.25) is 0 Å². The van der Waals surface area contributed by atoms with Crippen molar-refractivity contribution < 1.29 is 23.6 Å². The Hall–Kier alpha value is -2.05. The third kappa shape index (κ3) is 7.89. The lowest BCUT2D eigenvalue weighted by atomic mass is 9.88. The molecule has 0 saturated heterocycles. The van der Waals surface area contributed by atoms with E-state index >= 15 is 0 Å². The number of hydrogen-bond acceptors (Lipinski definition) is 6. The summed E-state index contributed by atoms with van der Waals surface area (Å²) in [7, 11) is 1.38. The van der Waals surface area contributed by atoms with Gasteiger partial charge in [-0.3, -0.25) is 4.79 Å². The molecule has 0 aromatic carbocycles. The highest BCUT2D eigenvalue weighted by atomic mass is 16.6. The van der Waals surface area contributed by atoms with Crippen LogP contribution in [-0.4, -0.2) is 36.5 Å². The van der Waals surface area contributed by atoms with E-state index in [0.29, 0.717) is 18.7 Å². The summed E-state index contributed by atoms with van der Waals surface area (Å²) in [6.45, 7) is 11.7. The van der Waals surface area contributed by atoms with E-state index in [-0.39, 0.29) is 11.9 Å². The van der Waals surface area contributed by atoms with Crippen LogP contribution < -0.4 is 5.32 Å². The van der Waals surface area contributed by atoms with E-state index in [4.69, 9.17) is 14.0 Å². The minimum absolute atomic E-state index is 0.272. The van der Waals surface area contributed by atoms with Crippen molar-refractivity contribution in [3.8, 4) is 0 Å². The van der Waals surface area contributed by atoms with Gasteiger partial charge in [0.25, 0.3) is 0 Å². The summed E-state index contributed by atoms with van der Waals surface area (Å²) in [5, 5.41) is 6.84. The number of rotatable bonds is 8. The number of carbonyl (C=O) groups is 2. The summed E-state index contributed by atoms with van der Waals surface area (Å²) < 4.78 is 15.4. The predicted molar refractivity (Wildman–Crippen MR) is 97.7 cm³/mol. The first-order valence-electron chi connectivity index (χ1n) is 8.92. The predicted octanol–water partition coefficient (Wildman–Crippen LogP) is 3.51. The van der Waals surface area contributed by atoms with Gasteiger partial charge in [-0.25, -0.2) is 4.79 Å². The van der Waals surface area contributed by atoms with E-state index < -0.39 is 17.1 Å². The molecule has 1 heterocycles. The van der Waals surface area contributed by atoms with Gasteiger partial charge in [-0.05, 0) is 53.4 Å². The number of hydrogen-bond donors (Lipinski definition) is 1. The van der Waals surface area contributed by atoms with Gasteiger partial charge in [0.15, 0.2) is 0 Å². The maximum Gasteiger partial charge on any atom is 0.407 e. The number of alkyl carbamates (subject to hydrolysis) is 1. The molecule has 1 unspecified atom stereocenters. The maximum absolute atomic E-state index is 11.7. The molecule has 0 radical (unpaired) electrons. The lowest BCUT2D eigenvalue weighted by Crippen LogP contribution is -2.34. The lowest BCUT2D eigenvalue weighted by molar-refractivity contribution is -0.150. The van der Waals surface area contributed by atoms with E-state index in [1.807, 2.05) is 40.7 Å². The van der Waals surface area contributed by atoms with Crippen LogP contribution in [-0.2, 0) is 27.1 Å². The Kier molecular flexibility index (Phi) is 7.66. The van der Waals surface area contributed by atoms with Crippen molar-refractivity contribution in [2.24, 2.45) is 11.3 Å². The maximum atomic E-state index is 11.7. The van der Waals surface area contributed by atoms with Gasteiger partial charge < -0.3 is 19.3 Å². The Labute approximate surface area is 155 Å². The van der Waals surface area contributed by atoms with Crippen molar-refractivity contribution >= 4 is 12.1 Å². The van der Waals surface area contributed by atoms with Gasteiger partial charge in [-0.15, -0.1) is 0 Å². The van der Waals surface area contributed by atoms with Crippen molar-refractivity contribution in [2.75, 3.05) is 13.7 Å². The Morgan fingerprint density at radius 2 is 1.92 bits per heavy atom. The van der Waals surface area contributed by atoms with E-state index in [1.54, 1.807) is 0 Å². The average molecular weight is 368 g/mol. The molecule has 1 aromatic heterocycles. The van der Waals surface area contributed by atoms with Gasteiger partial charge in [0.2, 0.25) is 0 Å². The number of aromatic nitrogens is 1. The lowest BCUT2D eigenvalue weighted by Gasteiger charge is -2.20. The molecular weight excluding hydrogens is 336 g/mol. The summed E-state index contributed by atoms with van der Waals surface area (Å²) in [5.41, 5.74) is -0.316. The molecule has 0 bridgehead atoms. The van der Waals surface area contributed by atoms with Gasteiger partial charge in [0.05, 0.1) is 18.2 Å². The zero-order valence-electron chi connectivity index (χ0n) is 17.0. The number of esters is 1. The van der Waals surface area contributed by atoms with E-state index in [1.165, 1.54) is 7.11 Å². The monoisotopic (exact) mass is 368 g/mol. The molecule has 0 spiro atoms. The largest absolute Gasteiger partial charge is 0.469 e. The molecule has 1 rings (SSSR count). The molecule has 0 aliphatic carbocycles. The smallest absolute Gasteiger partial charge is 0.407 e. The van der Waals surface area contributed by atoms with Gasteiger partial charge in [0.1, 0.15) is 11.4 Å². The van der Waals surface area contributed by atoms with Crippen LogP contribution in [0, 0.1) is 11.3 Å². The number of amides is 1. The van der Waals surface area contributed by atoms with Gasteiger partial charge in [-0.1, -0.05) is 12.1 Å².